The van der Waals surface area contributed by atoms with Crippen molar-refractivity contribution in [2.24, 2.45) is 5.73 Å². The molecule has 2 rings (SSSR count). The number of nitrogens with two attached hydrogens (primary N) is 1. The van der Waals surface area contributed by atoms with E-state index in [-0.39, 0.29) is 24.9 Å². The number of aromatic nitrogens is 1. The standard InChI is InChI=1S/C24H33ClN4O3/c1-3-5-21(6-4-2)29(13-9-23(26)30)24(31)18-15-19(25)17-22(16-18)32-14-12-28-20-7-10-27-11-8-20/h7-8,10-11,15-17,21H,3-6,9,12-14H2,1-2H3,(H2,26,30)(H,27,28). The van der Waals surface area contributed by atoms with Crippen molar-refractivity contribution in [2.45, 2.75) is 52.0 Å². The minimum Gasteiger partial charge on any atom is -0.492 e. The van der Waals surface area contributed by atoms with Crippen molar-refractivity contribution < 1.29 is 14.3 Å². The fraction of sp³-hybridized carbons (Fsp3) is 0.458. The molecule has 0 fully saturated rings. The van der Waals surface area contributed by atoms with Crippen LogP contribution >= 0.6 is 11.6 Å². The number of anilines is 1. The molecule has 0 bridgehead atoms. The second kappa shape index (κ2) is 13.6. The molecule has 0 saturated carbocycles. The van der Waals surface area contributed by atoms with Crippen LogP contribution in [0.1, 0.15) is 56.3 Å². The van der Waals surface area contributed by atoms with E-state index < -0.39 is 5.91 Å². The third-order valence-electron chi connectivity index (χ3n) is 5.04. The average molecular weight is 461 g/mol. The molecule has 7 nitrogen and oxygen atoms in total. The first-order valence-electron chi connectivity index (χ1n) is 11.1. The molecule has 0 aliphatic heterocycles. The van der Waals surface area contributed by atoms with Crippen molar-refractivity contribution in [2.75, 3.05) is 25.0 Å². The van der Waals surface area contributed by atoms with Gasteiger partial charge in [-0.2, -0.15) is 0 Å². The van der Waals surface area contributed by atoms with Gasteiger partial charge in [-0.05, 0) is 43.2 Å². The van der Waals surface area contributed by atoms with Crippen molar-refractivity contribution in [3.05, 3.63) is 53.3 Å². The van der Waals surface area contributed by atoms with Crippen LogP contribution < -0.4 is 15.8 Å². The first kappa shape index (κ1) is 25.5. The molecule has 0 radical (unpaired) electrons. The topological polar surface area (TPSA) is 97.5 Å². The highest BCUT2D eigenvalue weighted by molar-refractivity contribution is 6.31. The molecule has 1 aromatic carbocycles. The number of primary amides is 1. The number of benzene rings is 1. The monoisotopic (exact) mass is 460 g/mol. The van der Waals surface area contributed by atoms with Gasteiger partial charge in [0.2, 0.25) is 5.91 Å². The summed E-state index contributed by atoms with van der Waals surface area (Å²) in [5, 5.41) is 3.66. The van der Waals surface area contributed by atoms with Gasteiger partial charge in [0.1, 0.15) is 12.4 Å². The second-order valence-corrected chi connectivity index (χ2v) is 8.07. The molecule has 0 aliphatic carbocycles. The Morgan fingerprint density at radius 3 is 2.47 bits per heavy atom. The molecule has 1 aromatic heterocycles. The predicted molar refractivity (Wildman–Crippen MR) is 128 cm³/mol. The lowest BCUT2D eigenvalue weighted by atomic mass is 10.0. The van der Waals surface area contributed by atoms with E-state index in [0.717, 1.165) is 31.4 Å². The second-order valence-electron chi connectivity index (χ2n) is 7.63. The lowest BCUT2D eigenvalue weighted by Crippen LogP contribution is -2.42. The van der Waals surface area contributed by atoms with Crippen molar-refractivity contribution in [3.63, 3.8) is 0 Å². The molecule has 0 spiro atoms. The number of hydrogen-bond donors (Lipinski definition) is 2. The molecule has 32 heavy (non-hydrogen) atoms. The maximum atomic E-state index is 13.4. The van der Waals surface area contributed by atoms with Gasteiger partial charge >= 0.3 is 0 Å². The van der Waals surface area contributed by atoms with Crippen molar-refractivity contribution in [3.8, 4) is 5.75 Å². The van der Waals surface area contributed by atoms with Crippen LogP contribution in [0.4, 0.5) is 5.69 Å². The first-order chi connectivity index (χ1) is 15.4. The molecular weight excluding hydrogens is 428 g/mol. The van der Waals surface area contributed by atoms with Gasteiger partial charge in [0.25, 0.3) is 5.91 Å². The van der Waals surface area contributed by atoms with Gasteiger partial charge < -0.3 is 20.7 Å². The van der Waals surface area contributed by atoms with E-state index in [1.807, 2.05) is 12.1 Å². The highest BCUT2D eigenvalue weighted by Gasteiger charge is 2.25. The van der Waals surface area contributed by atoms with Crippen LogP contribution in [-0.2, 0) is 4.79 Å². The average Bonchev–Trinajstić information content (AvgIpc) is 2.77. The summed E-state index contributed by atoms with van der Waals surface area (Å²) in [6.45, 7) is 5.45. The number of rotatable bonds is 14. The molecule has 174 valence electrons. The Labute approximate surface area is 195 Å². The predicted octanol–water partition coefficient (Wildman–Crippen LogP) is 4.51. The number of nitrogens with zero attached hydrogens (tertiary/aromatic N) is 2. The Kier molecular flexibility index (Phi) is 10.8. The van der Waals surface area contributed by atoms with Crippen LogP contribution in [0.25, 0.3) is 0 Å². The zero-order chi connectivity index (χ0) is 23.3. The van der Waals surface area contributed by atoms with E-state index >= 15 is 0 Å². The van der Waals surface area contributed by atoms with Crippen LogP contribution in [0.15, 0.2) is 42.7 Å². The van der Waals surface area contributed by atoms with E-state index in [0.29, 0.717) is 29.5 Å². The third-order valence-corrected chi connectivity index (χ3v) is 5.26. The third kappa shape index (κ3) is 8.38. The molecular formula is C24H33ClN4O3. The Balaban J connectivity index is 2.10. The fourth-order valence-electron chi connectivity index (χ4n) is 3.57. The summed E-state index contributed by atoms with van der Waals surface area (Å²) in [5.41, 5.74) is 6.75. The van der Waals surface area contributed by atoms with E-state index in [1.54, 1.807) is 35.5 Å². The summed E-state index contributed by atoms with van der Waals surface area (Å²) in [4.78, 5) is 30.5. The van der Waals surface area contributed by atoms with Gasteiger partial charge in [-0.3, -0.25) is 14.6 Å². The molecule has 1 heterocycles. The fourth-order valence-corrected chi connectivity index (χ4v) is 3.80. The van der Waals surface area contributed by atoms with Gasteiger partial charge in [0.05, 0.1) is 0 Å². The zero-order valence-corrected chi connectivity index (χ0v) is 19.6. The number of carbonyl (C=O) groups excluding carboxylic acids is 2. The minimum absolute atomic E-state index is 0.0461. The molecule has 3 N–H and O–H groups in total. The van der Waals surface area contributed by atoms with Gasteiger partial charge in [-0.15, -0.1) is 0 Å². The maximum Gasteiger partial charge on any atom is 0.254 e. The number of carbonyl (C=O) groups is 2. The van der Waals surface area contributed by atoms with E-state index in [9.17, 15) is 9.59 Å². The van der Waals surface area contributed by atoms with Crippen LogP contribution in [0, 0.1) is 0 Å². The lowest BCUT2D eigenvalue weighted by Gasteiger charge is -2.32. The summed E-state index contributed by atoms with van der Waals surface area (Å²) in [5.74, 6) is -0.0680. The van der Waals surface area contributed by atoms with Crippen molar-refractivity contribution >= 4 is 29.1 Å². The highest BCUT2D eigenvalue weighted by Crippen LogP contribution is 2.24. The number of halogens is 1. The van der Waals surface area contributed by atoms with Crippen LogP contribution in [0.3, 0.4) is 0 Å². The van der Waals surface area contributed by atoms with Gasteiger partial charge in [-0.1, -0.05) is 38.3 Å². The SMILES string of the molecule is CCCC(CCC)N(CCC(N)=O)C(=O)c1cc(Cl)cc(OCCNc2ccncc2)c1. The Bertz CT molecular complexity index is 858. The minimum atomic E-state index is -0.425. The number of ether oxygens (including phenoxy) is 1. The smallest absolute Gasteiger partial charge is 0.254 e. The van der Waals surface area contributed by atoms with E-state index in [4.69, 9.17) is 22.1 Å². The summed E-state index contributed by atoms with van der Waals surface area (Å²) < 4.78 is 5.83. The quantitative estimate of drug-likeness (QED) is 0.404. The van der Waals surface area contributed by atoms with Crippen molar-refractivity contribution in [1.29, 1.82) is 0 Å². The molecule has 0 atom stereocenters. The molecule has 2 aromatic rings. The highest BCUT2D eigenvalue weighted by atomic mass is 35.5. The van der Waals surface area contributed by atoms with Crippen LogP contribution in [-0.4, -0.2) is 47.4 Å². The largest absolute Gasteiger partial charge is 0.492 e. The number of pyridine rings is 1. The van der Waals surface area contributed by atoms with E-state index in [1.165, 1.54) is 0 Å². The Morgan fingerprint density at radius 2 is 1.84 bits per heavy atom. The lowest BCUT2D eigenvalue weighted by molar-refractivity contribution is -0.118. The normalized spacial score (nSPS) is 10.8. The molecule has 8 heteroatoms. The Morgan fingerprint density at radius 1 is 1.16 bits per heavy atom. The summed E-state index contributed by atoms with van der Waals surface area (Å²) in [7, 11) is 0. The number of hydrogen-bond acceptors (Lipinski definition) is 5. The molecule has 0 saturated heterocycles. The van der Waals surface area contributed by atoms with Crippen LogP contribution in [0.5, 0.6) is 5.75 Å². The molecule has 2 amide bonds. The van der Waals surface area contributed by atoms with Gasteiger partial charge in [0, 0.05) is 54.2 Å². The van der Waals surface area contributed by atoms with E-state index in [2.05, 4.69) is 24.1 Å². The van der Waals surface area contributed by atoms with Gasteiger partial charge in [0.15, 0.2) is 0 Å². The molecule has 0 aliphatic rings. The Hall–Kier alpha value is -2.80. The summed E-state index contributed by atoms with van der Waals surface area (Å²) in [6, 6.07) is 8.82. The number of nitrogens with one attached hydrogen (secondary N) is 1. The zero-order valence-electron chi connectivity index (χ0n) is 18.9. The van der Waals surface area contributed by atoms with Crippen LogP contribution in [0.2, 0.25) is 5.02 Å². The first-order valence-corrected chi connectivity index (χ1v) is 11.5. The van der Waals surface area contributed by atoms with Crippen molar-refractivity contribution in [1.82, 2.24) is 9.88 Å². The summed E-state index contributed by atoms with van der Waals surface area (Å²) in [6.07, 6.45) is 7.17. The number of amides is 2. The maximum absolute atomic E-state index is 13.4. The molecule has 0 unspecified atom stereocenters. The van der Waals surface area contributed by atoms with Gasteiger partial charge in [-0.25, -0.2) is 0 Å². The summed E-state index contributed by atoms with van der Waals surface area (Å²) >= 11 is 6.29.